The SMILES string of the molecule is CCN1C(=O)C2(Cc3nc4ccccc4n3C(N)=C2C#N)c2ccccc21. The summed E-state index contributed by atoms with van der Waals surface area (Å²) in [5.74, 6) is 0.881. The third-order valence-corrected chi connectivity index (χ3v) is 5.67. The summed E-state index contributed by atoms with van der Waals surface area (Å²) in [7, 11) is 0. The average Bonchev–Trinajstić information content (AvgIpc) is 3.16. The number of nitriles is 1. The van der Waals surface area contributed by atoms with Gasteiger partial charge in [-0.25, -0.2) is 4.98 Å². The van der Waals surface area contributed by atoms with Crippen molar-refractivity contribution in [1.82, 2.24) is 9.55 Å². The molecule has 2 aliphatic rings. The van der Waals surface area contributed by atoms with Gasteiger partial charge >= 0.3 is 0 Å². The molecule has 27 heavy (non-hydrogen) atoms. The number of carbonyl (C=O) groups is 1. The molecule has 1 amide bonds. The minimum absolute atomic E-state index is 0.107. The number of amides is 1. The number of para-hydroxylation sites is 3. The number of likely N-dealkylation sites (N-methyl/N-ethyl adjacent to an activating group) is 1. The lowest BCUT2D eigenvalue weighted by Crippen LogP contribution is -2.47. The molecule has 0 saturated heterocycles. The van der Waals surface area contributed by atoms with Crippen molar-refractivity contribution in [2.75, 3.05) is 11.4 Å². The van der Waals surface area contributed by atoms with Crippen LogP contribution < -0.4 is 10.6 Å². The van der Waals surface area contributed by atoms with E-state index in [0.29, 0.717) is 24.4 Å². The fraction of sp³-hybridized carbons (Fsp3) is 0.190. The average molecular weight is 355 g/mol. The van der Waals surface area contributed by atoms with E-state index in [1.807, 2.05) is 60.0 Å². The molecule has 6 heteroatoms. The summed E-state index contributed by atoms with van der Waals surface area (Å²) in [6.07, 6.45) is 0.317. The van der Waals surface area contributed by atoms with E-state index < -0.39 is 5.41 Å². The maximum Gasteiger partial charge on any atom is 0.243 e. The highest BCUT2D eigenvalue weighted by Gasteiger charge is 2.56. The van der Waals surface area contributed by atoms with Crippen molar-refractivity contribution in [3.05, 3.63) is 65.5 Å². The van der Waals surface area contributed by atoms with Gasteiger partial charge in [0.15, 0.2) is 0 Å². The van der Waals surface area contributed by atoms with Crippen molar-refractivity contribution in [2.45, 2.75) is 18.8 Å². The molecule has 6 nitrogen and oxygen atoms in total. The summed E-state index contributed by atoms with van der Waals surface area (Å²) >= 11 is 0. The van der Waals surface area contributed by atoms with Gasteiger partial charge in [-0.2, -0.15) is 5.26 Å². The Bertz CT molecular complexity index is 1200. The second kappa shape index (κ2) is 5.21. The lowest BCUT2D eigenvalue weighted by atomic mass is 9.71. The number of hydrogen-bond donors (Lipinski definition) is 1. The number of benzene rings is 2. The second-order valence-corrected chi connectivity index (χ2v) is 6.87. The fourth-order valence-corrected chi connectivity index (χ4v) is 4.52. The number of anilines is 1. The molecular formula is C21H17N5O. The number of imidazole rings is 1. The van der Waals surface area contributed by atoms with Crippen LogP contribution >= 0.6 is 0 Å². The summed E-state index contributed by atoms with van der Waals surface area (Å²) in [5.41, 5.74) is 8.99. The van der Waals surface area contributed by atoms with E-state index in [1.165, 1.54) is 0 Å². The summed E-state index contributed by atoms with van der Waals surface area (Å²) in [6, 6.07) is 17.6. The molecule has 5 rings (SSSR count). The number of rotatable bonds is 1. The van der Waals surface area contributed by atoms with E-state index in [-0.39, 0.29) is 11.7 Å². The van der Waals surface area contributed by atoms with Gasteiger partial charge in [-0.3, -0.25) is 9.36 Å². The molecule has 0 radical (unpaired) electrons. The van der Waals surface area contributed by atoms with Gasteiger partial charge < -0.3 is 10.6 Å². The molecular weight excluding hydrogens is 338 g/mol. The first-order chi connectivity index (χ1) is 13.1. The Morgan fingerprint density at radius 3 is 2.74 bits per heavy atom. The molecule has 2 N–H and O–H groups in total. The van der Waals surface area contributed by atoms with Crippen LogP contribution in [0.5, 0.6) is 0 Å². The quantitative estimate of drug-likeness (QED) is 0.727. The number of hydrogen-bond acceptors (Lipinski definition) is 4. The smallest absolute Gasteiger partial charge is 0.243 e. The summed E-state index contributed by atoms with van der Waals surface area (Å²) in [6.45, 7) is 2.47. The summed E-state index contributed by atoms with van der Waals surface area (Å²) in [5, 5.41) is 10.0. The van der Waals surface area contributed by atoms with Crippen molar-refractivity contribution in [2.24, 2.45) is 5.73 Å². The van der Waals surface area contributed by atoms with Gasteiger partial charge in [0.2, 0.25) is 5.91 Å². The molecule has 2 aromatic carbocycles. The van der Waals surface area contributed by atoms with Gasteiger partial charge in [-0.15, -0.1) is 0 Å². The largest absolute Gasteiger partial charge is 0.384 e. The van der Waals surface area contributed by atoms with E-state index in [1.54, 1.807) is 4.90 Å². The molecule has 0 aliphatic carbocycles. The monoisotopic (exact) mass is 355 g/mol. The molecule has 0 fully saturated rings. The summed E-state index contributed by atoms with van der Waals surface area (Å²) in [4.78, 5) is 20.0. The topological polar surface area (TPSA) is 87.9 Å². The fourth-order valence-electron chi connectivity index (χ4n) is 4.52. The van der Waals surface area contributed by atoms with Gasteiger partial charge in [0.1, 0.15) is 23.1 Å². The second-order valence-electron chi connectivity index (χ2n) is 6.87. The minimum atomic E-state index is -1.11. The zero-order valence-corrected chi connectivity index (χ0v) is 14.8. The van der Waals surface area contributed by atoms with Crippen molar-refractivity contribution < 1.29 is 4.79 Å². The minimum Gasteiger partial charge on any atom is -0.384 e. The van der Waals surface area contributed by atoms with Crippen molar-refractivity contribution in [3.8, 4) is 6.07 Å². The van der Waals surface area contributed by atoms with Crippen LogP contribution in [-0.4, -0.2) is 22.0 Å². The molecule has 132 valence electrons. The Labute approximate surface area is 156 Å². The number of aromatic nitrogens is 2. The Balaban J connectivity index is 1.87. The Hall–Kier alpha value is -3.59. The highest BCUT2D eigenvalue weighted by Crippen LogP contribution is 2.51. The molecule has 2 aliphatic heterocycles. The molecule has 1 atom stereocenters. The predicted octanol–water partition coefficient (Wildman–Crippen LogP) is 2.55. The van der Waals surface area contributed by atoms with Crippen LogP contribution in [0.25, 0.3) is 16.9 Å². The molecule has 3 heterocycles. The third-order valence-electron chi connectivity index (χ3n) is 5.67. The number of nitrogens with zero attached hydrogens (tertiary/aromatic N) is 4. The van der Waals surface area contributed by atoms with E-state index in [0.717, 1.165) is 22.3 Å². The highest BCUT2D eigenvalue weighted by molar-refractivity contribution is 6.12. The lowest BCUT2D eigenvalue weighted by Gasteiger charge is -2.33. The first-order valence-electron chi connectivity index (χ1n) is 8.92. The van der Waals surface area contributed by atoms with Crippen LogP contribution in [0.2, 0.25) is 0 Å². The van der Waals surface area contributed by atoms with E-state index in [4.69, 9.17) is 10.7 Å². The predicted molar refractivity (Wildman–Crippen MR) is 103 cm³/mol. The Kier molecular flexibility index (Phi) is 3.02. The molecule has 0 bridgehead atoms. The Morgan fingerprint density at radius 2 is 1.96 bits per heavy atom. The molecule has 0 saturated carbocycles. The van der Waals surface area contributed by atoms with E-state index >= 15 is 0 Å². The number of nitrogens with two attached hydrogens (primary N) is 1. The van der Waals surface area contributed by atoms with E-state index in [2.05, 4.69) is 6.07 Å². The van der Waals surface area contributed by atoms with Crippen molar-refractivity contribution in [3.63, 3.8) is 0 Å². The highest BCUT2D eigenvalue weighted by atomic mass is 16.2. The number of carbonyl (C=O) groups excluding carboxylic acids is 1. The Morgan fingerprint density at radius 1 is 1.22 bits per heavy atom. The maximum absolute atomic E-state index is 13.6. The van der Waals surface area contributed by atoms with Gasteiger partial charge in [-0.05, 0) is 30.7 Å². The van der Waals surface area contributed by atoms with E-state index in [9.17, 15) is 10.1 Å². The maximum atomic E-state index is 13.6. The first kappa shape index (κ1) is 15.6. The van der Waals surface area contributed by atoms with Gasteiger partial charge in [0, 0.05) is 18.7 Å². The number of fused-ring (bicyclic) bond motifs is 5. The van der Waals surface area contributed by atoms with Crippen LogP contribution in [0.4, 0.5) is 5.69 Å². The van der Waals surface area contributed by atoms with Gasteiger partial charge in [0.05, 0.1) is 16.6 Å². The molecule has 1 unspecified atom stereocenters. The van der Waals surface area contributed by atoms with Crippen LogP contribution in [0.15, 0.2) is 54.1 Å². The van der Waals surface area contributed by atoms with Crippen molar-refractivity contribution in [1.29, 1.82) is 5.26 Å². The molecule has 1 aromatic heterocycles. The van der Waals surface area contributed by atoms with Gasteiger partial charge in [0.25, 0.3) is 0 Å². The normalized spacial score (nSPS) is 20.9. The van der Waals surface area contributed by atoms with Crippen LogP contribution in [-0.2, 0) is 16.6 Å². The summed E-state index contributed by atoms with van der Waals surface area (Å²) < 4.78 is 1.81. The molecule has 1 spiro atoms. The van der Waals surface area contributed by atoms with Crippen LogP contribution in [0, 0.1) is 11.3 Å². The zero-order chi connectivity index (χ0) is 18.8. The molecule has 3 aromatic rings. The van der Waals surface area contributed by atoms with Crippen molar-refractivity contribution >= 4 is 28.4 Å². The standard InChI is InChI=1S/C21H17N5O/c1-2-25-16-9-5-3-7-13(16)21(20(25)27)11-18-24-15-8-4-6-10-17(15)26(18)19(23)14(21)12-22/h3-10H,2,11,23H2,1H3. The van der Waals surface area contributed by atoms with Crippen LogP contribution in [0.1, 0.15) is 18.3 Å². The van der Waals surface area contributed by atoms with Crippen LogP contribution in [0.3, 0.4) is 0 Å². The zero-order valence-electron chi connectivity index (χ0n) is 14.8. The van der Waals surface area contributed by atoms with Gasteiger partial charge in [-0.1, -0.05) is 30.3 Å². The first-order valence-corrected chi connectivity index (χ1v) is 8.92. The lowest BCUT2D eigenvalue weighted by molar-refractivity contribution is -0.121. The third kappa shape index (κ3) is 1.73.